The predicted molar refractivity (Wildman–Crippen MR) is 59.3 cm³/mol. The van der Waals surface area contributed by atoms with Gasteiger partial charge in [-0.05, 0) is 12.5 Å². The Morgan fingerprint density at radius 1 is 1.44 bits per heavy atom. The molecule has 5 nitrogen and oxygen atoms in total. The number of nitrogens with zero attached hydrogens (tertiary/aromatic N) is 2. The Labute approximate surface area is 93.4 Å². The summed E-state index contributed by atoms with van der Waals surface area (Å²) in [6, 6.07) is 9.24. The van der Waals surface area contributed by atoms with Crippen LogP contribution >= 0.6 is 0 Å². The normalized spacial score (nSPS) is 19.9. The number of benzene rings is 1. The lowest BCUT2D eigenvalue weighted by molar-refractivity contribution is 0.217. The molecular formula is C11H13N3O2. The molecule has 1 atom stereocenters. The van der Waals surface area contributed by atoms with E-state index < -0.39 is 0 Å². The van der Waals surface area contributed by atoms with Crippen molar-refractivity contribution in [2.75, 3.05) is 6.54 Å². The fourth-order valence-electron chi connectivity index (χ4n) is 1.81. The Bertz CT molecular complexity index is 416. The first kappa shape index (κ1) is 10.5. The summed E-state index contributed by atoms with van der Waals surface area (Å²) in [6.07, 6.45) is 0. The van der Waals surface area contributed by atoms with Crippen LogP contribution in [0.25, 0.3) is 0 Å². The molecule has 0 aromatic heterocycles. The van der Waals surface area contributed by atoms with Crippen LogP contribution < -0.4 is 5.32 Å². The third-order valence-corrected chi connectivity index (χ3v) is 2.68. The van der Waals surface area contributed by atoms with E-state index in [2.05, 4.69) is 10.5 Å². The molecule has 0 spiro atoms. The summed E-state index contributed by atoms with van der Waals surface area (Å²) in [7, 11) is 0. The number of hydrogen-bond acceptors (Lipinski definition) is 3. The number of hydrogen-bond donors (Lipinski definition) is 2. The Balaban J connectivity index is 2.27. The maximum absolute atomic E-state index is 11.6. The van der Waals surface area contributed by atoms with Crippen molar-refractivity contribution in [2.24, 2.45) is 5.16 Å². The first-order valence-corrected chi connectivity index (χ1v) is 5.07. The number of nitrogens with one attached hydrogen (secondary N) is 1. The zero-order valence-corrected chi connectivity index (χ0v) is 8.92. The summed E-state index contributed by atoms with van der Waals surface area (Å²) in [4.78, 5) is 13.0. The molecule has 0 radical (unpaired) electrons. The first-order chi connectivity index (χ1) is 7.74. The zero-order chi connectivity index (χ0) is 11.5. The van der Waals surface area contributed by atoms with E-state index in [4.69, 9.17) is 5.21 Å². The molecule has 1 heterocycles. The lowest BCUT2D eigenvalue weighted by Gasteiger charge is -2.22. The van der Waals surface area contributed by atoms with Gasteiger partial charge in [-0.25, -0.2) is 4.79 Å². The number of urea groups is 1. The van der Waals surface area contributed by atoms with E-state index in [-0.39, 0.29) is 18.6 Å². The van der Waals surface area contributed by atoms with Crippen LogP contribution in [-0.2, 0) is 0 Å². The molecule has 1 aromatic rings. The number of oxime groups is 1. The van der Waals surface area contributed by atoms with Gasteiger partial charge in [-0.3, -0.25) is 4.90 Å². The zero-order valence-electron chi connectivity index (χ0n) is 8.92. The third kappa shape index (κ3) is 1.71. The van der Waals surface area contributed by atoms with Gasteiger partial charge in [0.1, 0.15) is 0 Å². The molecule has 0 saturated carbocycles. The number of amides is 2. The topological polar surface area (TPSA) is 64.9 Å². The van der Waals surface area contributed by atoms with Crippen LogP contribution in [0.2, 0.25) is 0 Å². The van der Waals surface area contributed by atoms with Crippen molar-refractivity contribution in [3.63, 3.8) is 0 Å². The van der Waals surface area contributed by atoms with Crippen LogP contribution in [0.1, 0.15) is 18.5 Å². The first-order valence-electron chi connectivity index (χ1n) is 5.07. The van der Waals surface area contributed by atoms with Gasteiger partial charge in [-0.1, -0.05) is 35.5 Å². The van der Waals surface area contributed by atoms with Gasteiger partial charge in [0.25, 0.3) is 0 Å². The van der Waals surface area contributed by atoms with Gasteiger partial charge in [0.15, 0.2) is 5.84 Å². The van der Waals surface area contributed by atoms with Crippen LogP contribution in [0, 0.1) is 0 Å². The quantitative estimate of drug-likeness (QED) is 0.585. The van der Waals surface area contributed by atoms with Crippen LogP contribution in [0.15, 0.2) is 35.5 Å². The summed E-state index contributed by atoms with van der Waals surface area (Å²) in [6.45, 7) is 2.16. The highest BCUT2D eigenvalue weighted by atomic mass is 16.4. The summed E-state index contributed by atoms with van der Waals surface area (Å²) in [5, 5.41) is 14.5. The summed E-state index contributed by atoms with van der Waals surface area (Å²) in [5.41, 5.74) is 1.00. The van der Waals surface area contributed by atoms with Crippen molar-refractivity contribution in [1.82, 2.24) is 10.2 Å². The minimum Gasteiger partial charge on any atom is -0.409 e. The van der Waals surface area contributed by atoms with Gasteiger partial charge >= 0.3 is 6.03 Å². The van der Waals surface area contributed by atoms with Crippen molar-refractivity contribution in [2.45, 2.75) is 13.0 Å². The number of rotatable bonds is 2. The number of amidine groups is 1. The minimum atomic E-state index is -0.232. The molecule has 16 heavy (non-hydrogen) atoms. The van der Waals surface area contributed by atoms with Gasteiger partial charge in [-0.15, -0.1) is 0 Å². The molecule has 1 fully saturated rings. The Kier molecular flexibility index (Phi) is 2.76. The van der Waals surface area contributed by atoms with E-state index >= 15 is 0 Å². The molecule has 1 aliphatic heterocycles. The average molecular weight is 219 g/mol. The third-order valence-electron chi connectivity index (χ3n) is 2.68. The van der Waals surface area contributed by atoms with Gasteiger partial charge < -0.3 is 10.5 Å². The SMILES string of the molecule is CC(c1ccccc1)N1C(=O)NCC1=NO. The van der Waals surface area contributed by atoms with Gasteiger partial charge in [0.05, 0.1) is 12.6 Å². The maximum Gasteiger partial charge on any atom is 0.323 e. The van der Waals surface area contributed by atoms with Crippen molar-refractivity contribution in [1.29, 1.82) is 0 Å². The smallest absolute Gasteiger partial charge is 0.323 e. The van der Waals surface area contributed by atoms with E-state index in [1.54, 1.807) is 0 Å². The maximum atomic E-state index is 11.6. The highest BCUT2D eigenvalue weighted by molar-refractivity contribution is 6.05. The second-order valence-corrected chi connectivity index (χ2v) is 3.63. The van der Waals surface area contributed by atoms with E-state index in [9.17, 15) is 4.79 Å². The Morgan fingerprint density at radius 2 is 2.12 bits per heavy atom. The molecule has 5 heteroatoms. The Hall–Kier alpha value is -2.04. The fourth-order valence-corrected chi connectivity index (χ4v) is 1.81. The van der Waals surface area contributed by atoms with Gasteiger partial charge in [0.2, 0.25) is 0 Å². The molecule has 2 rings (SSSR count). The van der Waals surface area contributed by atoms with Crippen molar-refractivity contribution in [3.8, 4) is 0 Å². The molecule has 1 unspecified atom stereocenters. The standard InChI is InChI=1S/C11H13N3O2/c1-8(9-5-3-2-4-6-9)14-10(13-16)7-12-11(14)15/h2-6,8,16H,7H2,1H3,(H,12,15). The number of carbonyl (C=O) groups excluding carboxylic acids is 1. The molecule has 2 amide bonds. The molecule has 0 aliphatic carbocycles. The summed E-state index contributed by atoms with van der Waals surface area (Å²) in [5.74, 6) is 0.348. The minimum absolute atomic E-state index is 0.144. The van der Waals surface area contributed by atoms with Crippen molar-refractivity contribution < 1.29 is 10.0 Å². The largest absolute Gasteiger partial charge is 0.409 e. The number of carbonyl (C=O) groups is 1. The molecule has 0 bridgehead atoms. The summed E-state index contributed by atoms with van der Waals surface area (Å²) >= 11 is 0. The molecule has 84 valence electrons. The second kappa shape index (κ2) is 4.22. The van der Waals surface area contributed by atoms with E-state index in [0.29, 0.717) is 5.84 Å². The second-order valence-electron chi connectivity index (χ2n) is 3.63. The Morgan fingerprint density at radius 3 is 2.75 bits per heavy atom. The predicted octanol–water partition coefficient (Wildman–Crippen LogP) is 1.56. The van der Waals surface area contributed by atoms with Gasteiger partial charge in [0, 0.05) is 0 Å². The van der Waals surface area contributed by atoms with Crippen molar-refractivity contribution >= 4 is 11.9 Å². The lowest BCUT2D eigenvalue weighted by atomic mass is 10.1. The highest BCUT2D eigenvalue weighted by Crippen LogP contribution is 2.22. The molecule has 2 N–H and O–H groups in total. The van der Waals surface area contributed by atoms with Crippen LogP contribution in [0.4, 0.5) is 4.79 Å². The molecular weight excluding hydrogens is 206 g/mol. The monoisotopic (exact) mass is 219 g/mol. The molecule has 1 aliphatic rings. The van der Waals surface area contributed by atoms with E-state index in [1.807, 2.05) is 37.3 Å². The molecule has 1 saturated heterocycles. The highest BCUT2D eigenvalue weighted by Gasteiger charge is 2.32. The van der Waals surface area contributed by atoms with E-state index in [0.717, 1.165) is 5.56 Å². The van der Waals surface area contributed by atoms with Gasteiger partial charge in [-0.2, -0.15) is 0 Å². The van der Waals surface area contributed by atoms with Crippen molar-refractivity contribution in [3.05, 3.63) is 35.9 Å². The average Bonchev–Trinajstić information content (AvgIpc) is 2.70. The van der Waals surface area contributed by atoms with Crippen LogP contribution in [0.3, 0.4) is 0 Å². The van der Waals surface area contributed by atoms with Crippen LogP contribution in [-0.4, -0.2) is 28.5 Å². The fraction of sp³-hybridized carbons (Fsp3) is 0.273. The van der Waals surface area contributed by atoms with Crippen LogP contribution in [0.5, 0.6) is 0 Å². The lowest BCUT2D eigenvalue weighted by Crippen LogP contribution is -2.33. The summed E-state index contributed by atoms with van der Waals surface area (Å²) < 4.78 is 0. The van der Waals surface area contributed by atoms with E-state index in [1.165, 1.54) is 4.90 Å². The molecule has 1 aromatic carbocycles.